The number of anilines is 1. The molecule has 4 rings (SSSR count). The quantitative estimate of drug-likeness (QED) is 0.505. The van der Waals surface area contributed by atoms with Gasteiger partial charge in [0.15, 0.2) is 17.3 Å². The number of likely N-dealkylation sites (N-methyl/N-ethyl adjacent to an activating group) is 1. The molecular formula is C24H21F5N4O2. The molecule has 1 aliphatic carbocycles. The van der Waals surface area contributed by atoms with Crippen molar-refractivity contribution in [2.75, 3.05) is 18.4 Å². The van der Waals surface area contributed by atoms with Gasteiger partial charge in [-0.25, -0.2) is 13.5 Å². The number of carbonyl (C=O) groups excluding carboxylic acids is 2. The molecule has 0 fully saturated rings. The first-order valence-electron chi connectivity index (χ1n) is 10.9. The summed E-state index contributed by atoms with van der Waals surface area (Å²) in [5.41, 5.74) is 0.279. The van der Waals surface area contributed by atoms with Crippen LogP contribution in [0.1, 0.15) is 40.7 Å². The van der Waals surface area contributed by atoms with E-state index in [0.29, 0.717) is 24.1 Å². The Hall–Kier alpha value is -3.76. The van der Waals surface area contributed by atoms with E-state index in [1.54, 1.807) is 6.92 Å². The molecule has 35 heavy (non-hydrogen) atoms. The lowest BCUT2D eigenvalue weighted by Gasteiger charge is -2.20. The van der Waals surface area contributed by atoms with Gasteiger partial charge in [-0.15, -0.1) is 0 Å². The van der Waals surface area contributed by atoms with Crippen LogP contribution in [-0.4, -0.2) is 39.6 Å². The van der Waals surface area contributed by atoms with E-state index in [4.69, 9.17) is 0 Å². The van der Waals surface area contributed by atoms with Crippen LogP contribution in [0.25, 0.3) is 5.69 Å². The highest BCUT2D eigenvalue weighted by Gasteiger charge is 2.34. The molecule has 1 aliphatic rings. The van der Waals surface area contributed by atoms with Crippen molar-refractivity contribution >= 4 is 17.5 Å². The van der Waals surface area contributed by atoms with E-state index in [1.807, 2.05) is 0 Å². The highest BCUT2D eigenvalue weighted by molar-refractivity contribution is 5.99. The van der Waals surface area contributed by atoms with E-state index in [1.165, 1.54) is 27.8 Å². The number of hydrogen-bond donors (Lipinski definition) is 1. The molecular weight excluding hydrogens is 471 g/mol. The molecule has 184 valence electrons. The number of fused-ring (bicyclic) bond motifs is 1. The summed E-state index contributed by atoms with van der Waals surface area (Å²) < 4.78 is 68.2. The van der Waals surface area contributed by atoms with Crippen molar-refractivity contribution in [2.24, 2.45) is 0 Å². The summed E-state index contributed by atoms with van der Waals surface area (Å²) in [6.45, 7) is 1.23. The standard InChI is InChI=1S/C24H21F5N4O2/c1-2-32(13-21(34)30-19-8-4-3-7-16(19)24(27,28)29)23(35)22-15-6-5-9-20(15)33(31-22)14-10-11-17(25)18(26)12-14/h3-4,7-8,10-12H,2,5-6,9,13H2,1H3,(H,30,34). The van der Waals surface area contributed by atoms with Gasteiger partial charge < -0.3 is 10.2 Å². The summed E-state index contributed by atoms with van der Waals surface area (Å²) >= 11 is 0. The van der Waals surface area contributed by atoms with E-state index in [9.17, 15) is 31.5 Å². The van der Waals surface area contributed by atoms with Gasteiger partial charge in [-0.05, 0) is 50.5 Å². The third kappa shape index (κ3) is 4.89. The maximum Gasteiger partial charge on any atom is 0.418 e. The van der Waals surface area contributed by atoms with Crippen LogP contribution in [0.3, 0.4) is 0 Å². The number of benzene rings is 2. The molecule has 2 amide bonds. The van der Waals surface area contributed by atoms with Crippen molar-refractivity contribution in [1.29, 1.82) is 0 Å². The summed E-state index contributed by atoms with van der Waals surface area (Å²) in [6.07, 6.45) is -2.80. The van der Waals surface area contributed by atoms with Crippen LogP contribution >= 0.6 is 0 Å². The molecule has 11 heteroatoms. The molecule has 0 unspecified atom stereocenters. The van der Waals surface area contributed by atoms with Gasteiger partial charge in [-0.1, -0.05) is 12.1 Å². The SMILES string of the molecule is CCN(CC(=O)Nc1ccccc1C(F)(F)F)C(=O)c1nn(-c2ccc(F)c(F)c2)c2c1CCC2. The van der Waals surface area contributed by atoms with Gasteiger partial charge in [0.1, 0.15) is 6.54 Å². The smallest absolute Gasteiger partial charge is 0.328 e. The van der Waals surface area contributed by atoms with Crippen LogP contribution < -0.4 is 5.32 Å². The number of alkyl halides is 3. The maximum absolute atomic E-state index is 13.8. The molecule has 1 heterocycles. The molecule has 0 atom stereocenters. The molecule has 6 nitrogen and oxygen atoms in total. The lowest BCUT2D eigenvalue weighted by Crippen LogP contribution is -2.38. The van der Waals surface area contributed by atoms with Crippen molar-refractivity contribution in [3.05, 3.63) is 76.6 Å². The van der Waals surface area contributed by atoms with Crippen LogP contribution in [0.4, 0.5) is 27.6 Å². The van der Waals surface area contributed by atoms with Crippen molar-refractivity contribution < 1.29 is 31.5 Å². The summed E-state index contributed by atoms with van der Waals surface area (Å²) in [5, 5.41) is 6.56. The van der Waals surface area contributed by atoms with Crippen LogP contribution in [-0.2, 0) is 23.8 Å². The molecule has 0 aliphatic heterocycles. The fraction of sp³-hybridized carbons (Fsp3) is 0.292. The third-order valence-electron chi connectivity index (χ3n) is 5.79. The lowest BCUT2D eigenvalue weighted by molar-refractivity contribution is -0.137. The molecule has 1 aromatic heterocycles. The number of amides is 2. The van der Waals surface area contributed by atoms with Gasteiger partial charge in [0.25, 0.3) is 5.91 Å². The summed E-state index contributed by atoms with van der Waals surface area (Å²) in [4.78, 5) is 27.0. The molecule has 0 spiro atoms. The van der Waals surface area contributed by atoms with E-state index in [0.717, 1.165) is 30.7 Å². The van der Waals surface area contributed by atoms with E-state index in [2.05, 4.69) is 10.4 Å². The van der Waals surface area contributed by atoms with E-state index < -0.39 is 47.4 Å². The number of carbonyl (C=O) groups is 2. The van der Waals surface area contributed by atoms with Gasteiger partial charge >= 0.3 is 6.18 Å². The number of aromatic nitrogens is 2. The largest absolute Gasteiger partial charge is 0.418 e. The van der Waals surface area contributed by atoms with Gasteiger partial charge in [0.2, 0.25) is 5.91 Å². The minimum atomic E-state index is -4.66. The molecule has 2 aromatic carbocycles. The molecule has 0 saturated heterocycles. The summed E-state index contributed by atoms with van der Waals surface area (Å²) in [6, 6.07) is 7.87. The molecule has 0 bridgehead atoms. The third-order valence-corrected chi connectivity index (χ3v) is 5.79. The Kier molecular flexibility index (Phi) is 6.60. The topological polar surface area (TPSA) is 67.2 Å². The average molecular weight is 492 g/mol. The van der Waals surface area contributed by atoms with Crippen molar-refractivity contribution in [1.82, 2.24) is 14.7 Å². The van der Waals surface area contributed by atoms with Crippen LogP contribution in [0.15, 0.2) is 42.5 Å². The Morgan fingerprint density at radius 1 is 1.09 bits per heavy atom. The number of nitrogens with one attached hydrogen (secondary N) is 1. The van der Waals surface area contributed by atoms with E-state index >= 15 is 0 Å². The summed E-state index contributed by atoms with van der Waals surface area (Å²) in [5.74, 6) is -3.44. The predicted octanol–water partition coefficient (Wildman–Crippen LogP) is 4.76. The Labute approximate surface area is 197 Å². The number of hydrogen-bond acceptors (Lipinski definition) is 3. The first kappa shape index (κ1) is 24.4. The van der Waals surface area contributed by atoms with Crippen LogP contribution in [0, 0.1) is 11.6 Å². The fourth-order valence-electron chi connectivity index (χ4n) is 4.12. The second kappa shape index (κ2) is 9.47. The highest BCUT2D eigenvalue weighted by atomic mass is 19.4. The monoisotopic (exact) mass is 492 g/mol. The van der Waals surface area contributed by atoms with Gasteiger partial charge in [0.05, 0.1) is 16.9 Å². The van der Waals surface area contributed by atoms with Gasteiger partial charge in [-0.3, -0.25) is 9.59 Å². The highest BCUT2D eigenvalue weighted by Crippen LogP contribution is 2.34. The second-order valence-electron chi connectivity index (χ2n) is 8.05. The van der Waals surface area contributed by atoms with Crippen molar-refractivity contribution in [2.45, 2.75) is 32.4 Å². The zero-order valence-electron chi connectivity index (χ0n) is 18.6. The molecule has 0 saturated carbocycles. The second-order valence-corrected chi connectivity index (χ2v) is 8.05. The fourth-order valence-corrected chi connectivity index (χ4v) is 4.12. The Balaban J connectivity index is 1.57. The normalized spacial score (nSPS) is 13.0. The van der Waals surface area contributed by atoms with Crippen LogP contribution in [0.5, 0.6) is 0 Å². The zero-order chi connectivity index (χ0) is 25.3. The van der Waals surface area contributed by atoms with Crippen molar-refractivity contribution in [3.8, 4) is 5.69 Å². The van der Waals surface area contributed by atoms with Crippen LogP contribution in [0.2, 0.25) is 0 Å². The first-order valence-corrected chi connectivity index (χ1v) is 10.9. The molecule has 0 radical (unpaired) electrons. The molecule has 1 N–H and O–H groups in total. The minimum Gasteiger partial charge on any atom is -0.328 e. The number of halogens is 5. The van der Waals surface area contributed by atoms with Gasteiger partial charge in [0, 0.05) is 23.9 Å². The average Bonchev–Trinajstić information content (AvgIpc) is 3.41. The number of nitrogens with zero attached hydrogens (tertiary/aromatic N) is 3. The Morgan fingerprint density at radius 3 is 2.51 bits per heavy atom. The minimum absolute atomic E-state index is 0.0765. The van der Waals surface area contributed by atoms with Crippen molar-refractivity contribution in [3.63, 3.8) is 0 Å². The number of para-hydroxylation sites is 1. The molecule has 3 aromatic rings. The Bertz CT molecular complexity index is 1290. The predicted molar refractivity (Wildman–Crippen MR) is 117 cm³/mol. The first-order chi connectivity index (χ1) is 16.6. The van der Waals surface area contributed by atoms with Gasteiger partial charge in [-0.2, -0.15) is 18.3 Å². The lowest BCUT2D eigenvalue weighted by atomic mass is 10.1. The number of rotatable bonds is 6. The van der Waals surface area contributed by atoms with E-state index in [-0.39, 0.29) is 17.9 Å². The Morgan fingerprint density at radius 2 is 1.83 bits per heavy atom. The zero-order valence-corrected chi connectivity index (χ0v) is 18.6. The summed E-state index contributed by atoms with van der Waals surface area (Å²) in [7, 11) is 0. The maximum atomic E-state index is 13.8.